The first-order chi connectivity index (χ1) is 11.0. The van der Waals surface area contributed by atoms with E-state index in [1.54, 1.807) is 7.11 Å². The first-order valence-electron chi connectivity index (χ1n) is 6.75. The summed E-state index contributed by atoms with van der Waals surface area (Å²) in [6.45, 7) is 0.827. The third-order valence-corrected chi connectivity index (χ3v) is 4.02. The van der Waals surface area contributed by atoms with Gasteiger partial charge in [-0.2, -0.15) is 0 Å². The summed E-state index contributed by atoms with van der Waals surface area (Å²) in [6, 6.07) is 2.84. The average Bonchev–Trinajstić information content (AvgIpc) is 2.82. The molecule has 1 aromatic carbocycles. The van der Waals surface area contributed by atoms with Gasteiger partial charge >= 0.3 is 0 Å². The predicted molar refractivity (Wildman–Crippen MR) is 83.3 cm³/mol. The van der Waals surface area contributed by atoms with E-state index in [0.717, 1.165) is 23.9 Å². The average molecular weight is 343 g/mol. The van der Waals surface area contributed by atoms with E-state index in [1.165, 1.54) is 0 Å². The van der Waals surface area contributed by atoms with Gasteiger partial charge in [-0.05, 0) is 12.1 Å². The highest BCUT2D eigenvalue weighted by molar-refractivity contribution is 8.15. The largest absolute Gasteiger partial charge is 0.383 e. The Hall–Kier alpha value is -2.00. The zero-order chi connectivity index (χ0) is 16.8. The lowest BCUT2D eigenvalue weighted by atomic mass is 10.2. The van der Waals surface area contributed by atoms with E-state index in [9.17, 15) is 18.4 Å². The van der Waals surface area contributed by atoms with Crippen molar-refractivity contribution < 1.29 is 23.1 Å². The highest BCUT2D eigenvalue weighted by Crippen LogP contribution is 2.23. The van der Waals surface area contributed by atoms with Crippen LogP contribution < -0.4 is 10.6 Å². The summed E-state index contributed by atoms with van der Waals surface area (Å²) in [5.41, 5.74) is -0.131. The summed E-state index contributed by atoms with van der Waals surface area (Å²) in [5, 5.41) is 4.67. The summed E-state index contributed by atoms with van der Waals surface area (Å²) >= 11 is 1.13. The lowest BCUT2D eigenvalue weighted by Crippen LogP contribution is -2.28. The van der Waals surface area contributed by atoms with Crippen molar-refractivity contribution in [2.45, 2.75) is 11.7 Å². The molecule has 1 unspecified atom stereocenters. The molecule has 6 nitrogen and oxygen atoms in total. The van der Waals surface area contributed by atoms with Gasteiger partial charge in [-0.3, -0.25) is 14.6 Å². The van der Waals surface area contributed by atoms with E-state index in [4.69, 9.17) is 4.74 Å². The lowest BCUT2D eigenvalue weighted by Gasteiger charge is -2.08. The zero-order valence-electron chi connectivity index (χ0n) is 12.3. The number of nitrogens with zero attached hydrogens (tertiary/aromatic N) is 1. The van der Waals surface area contributed by atoms with Crippen LogP contribution in [0.1, 0.15) is 6.42 Å². The SMILES string of the molecule is COCCN=C1NC(=O)C(CC(=O)Nc2ccc(F)cc2F)S1. The van der Waals surface area contributed by atoms with Gasteiger partial charge in [0, 0.05) is 19.6 Å². The number of anilines is 1. The third kappa shape index (κ3) is 5.00. The molecule has 2 amide bonds. The molecule has 1 atom stereocenters. The van der Waals surface area contributed by atoms with Crippen molar-refractivity contribution in [2.75, 3.05) is 25.6 Å². The molecular formula is C14H15F2N3O3S. The Morgan fingerprint density at radius 1 is 1.48 bits per heavy atom. The van der Waals surface area contributed by atoms with Crippen molar-refractivity contribution in [3.8, 4) is 0 Å². The number of amidine groups is 1. The van der Waals surface area contributed by atoms with Gasteiger partial charge in [-0.1, -0.05) is 11.8 Å². The number of hydrogen-bond donors (Lipinski definition) is 2. The van der Waals surface area contributed by atoms with Crippen molar-refractivity contribution in [1.82, 2.24) is 5.32 Å². The lowest BCUT2D eigenvalue weighted by molar-refractivity contribution is -0.122. The fraction of sp³-hybridized carbons (Fsp3) is 0.357. The Morgan fingerprint density at radius 2 is 2.26 bits per heavy atom. The van der Waals surface area contributed by atoms with Crippen molar-refractivity contribution >= 4 is 34.4 Å². The van der Waals surface area contributed by atoms with Crippen LogP contribution in [0, 0.1) is 11.6 Å². The molecule has 1 aliphatic heterocycles. The smallest absolute Gasteiger partial charge is 0.240 e. The summed E-state index contributed by atoms with van der Waals surface area (Å²) in [5.74, 6) is -2.48. The standard InChI is InChI=1S/C14H15F2N3O3S/c1-22-5-4-17-14-19-13(21)11(23-14)7-12(20)18-10-3-2-8(15)6-9(10)16/h2-3,6,11H,4-5,7H2,1H3,(H,18,20)(H,17,19,21). The molecule has 23 heavy (non-hydrogen) atoms. The molecule has 0 aliphatic carbocycles. The number of benzene rings is 1. The van der Waals surface area contributed by atoms with Crippen LogP contribution in [0.5, 0.6) is 0 Å². The fourth-order valence-electron chi connectivity index (χ4n) is 1.81. The number of halogens is 2. The van der Waals surface area contributed by atoms with Gasteiger partial charge < -0.3 is 15.4 Å². The van der Waals surface area contributed by atoms with Gasteiger partial charge in [0.15, 0.2) is 5.17 Å². The van der Waals surface area contributed by atoms with Crippen LogP contribution in [0.25, 0.3) is 0 Å². The minimum Gasteiger partial charge on any atom is -0.383 e. The molecular weight excluding hydrogens is 328 g/mol. The Balaban J connectivity index is 1.90. The highest BCUT2D eigenvalue weighted by Gasteiger charge is 2.32. The molecule has 1 saturated heterocycles. The maximum Gasteiger partial charge on any atom is 0.240 e. The predicted octanol–water partition coefficient (Wildman–Crippen LogP) is 1.53. The number of methoxy groups -OCH3 is 1. The van der Waals surface area contributed by atoms with Crippen LogP contribution >= 0.6 is 11.8 Å². The van der Waals surface area contributed by atoms with Gasteiger partial charge in [0.05, 0.1) is 18.8 Å². The minimum absolute atomic E-state index is 0.131. The maximum absolute atomic E-state index is 13.5. The molecule has 2 rings (SSSR count). The van der Waals surface area contributed by atoms with Crippen molar-refractivity contribution in [2.24, 2.45) is 4.99 Å². The minimum atomic E-state index is -0.872. The van der Waals surface area contributed by atoms with Gasteiger partial charge in [-0.15, -0.1) is 0 Å². The Labute approximate surface area is 135 Å². The molecule has 0 aromatic heterocycles. The summed E-state index contributed by atoms with van der Waals surface area (Å²) in [6.07, 6.45) is -0.142. The normalized spacial score (nSPS) is 19.0. The third-order valence-electron chi connectivity index (χ3n) is 2.90. The van der Waals surface area contributed by atoms with Gasteiger partial charge in [0.25, 0.3) is 0 Å². The first kappa shape index (κ1) is 17.4. The number of aliphatic imine (C=N–C) groups is 1. The monoisotopic (exact) mass is 343 g/mol. The number of thioether (sulfide) groups is 1. The number of carbonyl (C=O) groups is 2. The van der Waals surface area contributed by atoms with Gasteiger partial charge in [0.2, 0.25) is 11.8 Å². The van der Waals surface area contributed by atoms with Crippen LogP contribution in [0.2, 0.25) is 0 Å². The number of carbonyl (C=O) groups excluding carboxylic acids is 2. The van der Waals surface area contributed by atoms with E-state index in [1.807, 2.05) is 0 Å². The van der Waals surface area contributed by atoms with Crippen LogP contribution in [0.3, 0.4) is 0 Å². The molecule has 9 heteroatoms. The molecule has 1 heterocycles. The number of hydrogen-bond acceptors (Lipinski definition) is 5. The molecule has 124 valence electrons. The van der Waals surface area contributed by atoms with E-state index in [-0.39, 0.29) is 18.0 Å². The number of nitrogens with one attached hydrogen (secondary N) is 2. The van der Waals surface area contributed by atoms with E-state index < -0.39 is 22.8 Å². The first-order valence-corrected chi connectivity index (χ1v) is 7.63. The second-order valence-corrected chi connectivity index (χ2v) is 5.84. The zero-order valence-corrected chi connectivity index (χ0v) is 13.1. The van der Waals surface area contributed by atoms with Crippen molar-refractivity contribution in [3.63, 3.8) is 0 Å². The topological polar surface area (TPSA) is 79.8 Å². The van der Waals surface area contributed by atoms with Crippen LogP contribution in [-0.2, 0) is 14.3 Å². The quantitative estimate of drug-likeness (QED) is 0.768. The van der Waals surface area contributed by atoms with E-state index in [2.05, 4.69) is 15.6 Å². The number of amides is 2. The molecule has 1 aromatic rings. The van der Waals surface area contributed by atoms with Crippen LogP contribution in [0.15, 0.2) is 23.2 Å². The van der Waals surface area contributed by atoms with Crippen LogP contribution in [-0.4, -0.2) is 42.5 Å². The fourth-order valence-corrected chi connectivity index (χ4v) is 2.81. The van der Waals surface area contributed by atoms with Gasteiger partial charge in [0.1, 0.15) is 16.9 Å². The Morgan fingerprint density at radius 3 is 2.96 bits per heavy atom. The number of rotatable bonds is 6. The second-order valence-electron chi connectivity index (χ2n) is 4.65. The highest BCUT2D eigenvalue weighted by atomic mass is 32.2. The van der Waals surface area contributed by atoms with Crippen molar-refractivity contribution in [1.29, 1.82) is 0 Å². The van der Waals surface area contributed by atoms with Crippen LogP contribution in [0.4, 0.5) is 14.5 Å². The molecule has 0 spiro atoms. The van der Waals surface area contributed by atoms with E-state index >= 15 is 0 Å². The van der Waals surface area contributed by atoms with Crippen molar-refractivity contribution in [3.05, 3.63) is 29.8 Å². The maximum atomic E-state index is 13.5. The molecule has 0 bridgehead atoms. The van der Waals surface area contributed by atoms with E-state index in [0.29, 0.717) is 24.4 Å². The molecule has 0 saturated carbocycles. The summed E-state index contributed by atoms with van der Waals surface area (Å²) in [4.78, 5) is 27.8. The molecule has 0 radical (unpaired) electrons. The summed E-state index contributed by atoms with van der Waals surface area (Å²) in [7, 11) is 1.54. The molecule has 2 N–H and O–H groups in total. The summed E-state index contributed by atoms with van der Waals surface area (Å²) < 4.78 is 31.1. The second kappa shape index (κ2) is 8.02. The Kier molecular flexibility index (Phi) is 6.05. The Bertz CT molecular complexity index is 640. The van der Waals surface area contributed by atoms with Gasteiger partial charge in [-0.25, -0.2) is 8.78 Å². The molecule has 1 fully saturated rings. The molecule has 1 aliphatic rings. The number of ether oxygens (including phenoxy) is 1.